The van der Waals surface area contributed by atoms with Gasteiger partial charge in [0.25, 0.3) is 0 Å². The third kappa shape index (κ3) is 5.08. The Morgan fingerprint density at radius 2 is 2.00 bits per heavy atom. The van der Waals surface area contributed by atoms with Crippen LogP contribution in [0.1, 0.15) is 24.9 Å². The van der Waals surface area contributed by atoms with Crippen molar-refractivity contribution >= 4 is 0 Å². The average molecular weight is 292 g/mol. The molecule has 4 heteroatoms. The monoisotopic (exact) mass is 292 g/mol. The zero-order valence-corrected chi connectivity index (χ0v) is 13.3. The molecule has 21 heavy (non-hydrogen) atoms. The molecule has 0 bridgehead atoms. The molecule has 1 aliphatic heterocycles. The van der Waals surface area contributed by atoms with E-state index in [1.165, 1.54) is 12.0 Å². The van der Waals surface area contributed by atoms with Gasteiger partial charge in [0, 0.05) is 38.8 Å². The molecule has 0 saturated carbocycles. The number of nitrogens with zero attached hydrogens (tertiary/aromatic N) is 1. The van der Waals surface area contributed by atoms with Crippen LogP contribution >= 0.6 is 0 Å². The Morgan fingerprint density at radius 1 is 1.19 bits per heavy atom. The lowest BCUT2D eigenvalue weighted by Gasteiger charge is -2.40. The molecule has 2 unspecified atom stereocenters. The van der Waals surface area contributed by atoms with E-state index in [2.05, 4.69) is 47.5 Å². The highest BCUT2D eigenvalue weighted by atomic mass is 16.5. The van der Waals surface area contributed by atoms with Crippen molar-refractivity contribution in [2.75, 3.05) is 46.6 Å². The molecule has 0 spiro atoms. The van der Waals surface area contributed by atoms with Crippen LogP contribution in [-0.2, 0) is 9.47 Å². The maximum absolute atomic E-state index is 5.62. The van der Waals surface area contributed by atoms with E-state index < -0.39 is 0 Å². The lowest BCUT2D eigenvalue weighted by atomic mass is 10.0. The van der Waals surface area contributed by atoms with Crippen molar-refractivity contribution in [1.29, 1.82) is 0 Å². The van der Waals surface area contributed by atoms with Crippen molar-refractivity contribution in [1.82, 2.24) is 10.2 Å². The first-order valence-corrected chi connectivity index (χ1v) is 7.94. The van der Waals surface area contributed by atoms with Gasteiger partial charge in [0.05, 0.1) is 19.8 Å². The summed E-state index contributed by atoms with van der Waals surface area (Å²) in [4.78, 5) is 2.56. The lowest BCUT2D eigenvalue weighted by Crippen LogP contribution is -2.53. The molecule has 1 heterocycles. The fourth-order valence-corrected chi connectivity index (χ4v) is 2.87. The predicted molar refractivity (Wildman–Crippen MR) is 85.5 cm³/mol. The Labute approximate surface area is 128 Å². The molecule has 1 saturated heterocycles. The summed E-state index contributed by atoms with van der Waals surface area (Å²) in [5.74, 6) is 0. The van der Waals surface area contributed by atoms with Crippen LogP contribution in [0.2, 0.25) is 0 Å². The molecular weight excluding hydrogens is 264 g/mol. The van der Waals surface area contributed by atoms with Gasteiger partial charge in [0.15, 0.2) is 0 Å². The number of hydrogen-bond acceptors (Lipinski definition) is 4. The lowest BCUT2D eigenvalue weighted by molar-refractivity contribution is 0.0385. The van der Waals surface area contributed by atoms with Gasteiger partial charge < -0.3 is 14.8 Å². The summed E-state index contributed by atoms with van der Waals surface area (Å²) in [6, 6.07) is 11.7. The summed E-state index contributed by atoms with van der Waals surface area (Å²) in [5.41, 5.74) is 1.37. The van der Waals surface area contributed by atoms with Gasteiger partial charge >= 0.3 is 0 Å². The highest BCUT2D eigenvalue weighted by Crippen LogP contribution is 2.20. The van der Waals surface area contributed by atoms with Crippen molar-refractivity contribution in [3.8, 4) is 0 Å². The van der Waals surface area contributed by atoms with E-state index in [0.717, 1.165) is 26.2 Å². The third-order valence-electron chi connectivity index (χ3n) is 4.16. The second-order valence-corrected chi connectivity index (χ2v) is 5.53. The fraction of sp³-hybridized carbons (Fsp3) is 0.647. The van der Waals surface area contributed by atoms with Gasteiger partial charge in [-0.15, -0.1) is 0 Å². The van der Waals surface area contributed by atoms with Crippen LogP contribution in [0.3, 0.4) is 0 Å². The number of rotatable bonds is 8. The second kappa shape index (κ2) is 9.15. The SMILES string of the molecule is CCC1CNC(c2ccccc2)CN1CCOCCOC. The van der Waals surface area contributed by atoms with Gasteiger partial charge in [-0.3, -0.25) is 4.90 Å². The Bertz CT molecular complexity index is 386. The second-order valence-electron chi connectivity index (χ2n) is 5.53. The first kappa shape index (κ1) is 16.4. The van der Waals surface area contributed by atoms with Crippen molar-refractivity contribution in [3.63, 3.8) is 0 Å². The summed E-state index contributed by atoms with van der Waals surface area (Å²) in [6.07, 6.45) is 1.17. The van der Waals surface area contributed by atoms with Crippen LogP contribution in [0.4, 0.5) is 0 Å². The Morgan fingerprint density at radius 3 is 2.71 bits per heavy atom. The van der Waals surface area contributed by atoms with E-state index >= 15 is 0 Å². The Kier molecular flexibility index (Phi) is 7.16. The Balaban J connectivity index is 1.84. The normalized spacial score (nSPS) is 23.3. The summed E-state index contributed by atoms with van der Waals surface area (Å²) in [6.45, 7) is 7.49. The number of benzene rings is 1. The van der Waals surface area contributed by atoms with Gasteiger partial charge in [0.1, 0.15) is 0 Å². The fourth-order valence-electron chi connectivity index (χ4n) is 2.87. The van der Waals surface area contributed by atoms with E-state index in [1.807, 2.05) is 0 Å². The zero-order chi connectivity index (χ0) is 14.9. The minimum absolute atomic E-state index is 0.424. The van der Waals surface area contributed by atoms with Gasteiger partial charge in [-0.1, -0.05) is 37.3 Å². The first-order valence-electron chi connectivity index (χ1n) is 7.94. The number of methoxy groups -OCH3 is 1. The van der Waals surface area contributed by atoms with Crippen molar-refractivity contribution in [2.45, 2.75) is 25.4 Å². The molecule has 1 aliphatic rings. The van der Waals surface area contributed by atoms with Gasteiger partial charge in [-0.2, -0.15) is 0 Å². The molecule has 0 radical (unpaired) electrons. The third-order valence-corrected chi connectivity index (χ3v) is 4.16. The van der Waals surface area contributed by atoms with Crippen LogP contribution in [0.25, 0.3) is 0 Å². The highest BCUT2D eigenvalue weighted by molar-refractivity contribution is 5.20. The largest absolute Gasteiger partial charge is 0.382 e. The quantitative estimate of drug-likeness (QED) is 0.744. The number of piperazine rings is 1. The molecule has 118 valence electrons. The summed E-state index contributed by atoms with van der Waals surface area (Å²) in [7, 11) is 1.71. The van der Waals surface area contributed by atoms with Crippen molar-refractivity contribution < 1.29 is 9.47 Å². The van der Waals surface area contributed by atoms with Crippen LogP contribution in [-0.4, -0.2) is 57.5 Å². The molecule has 0 aromatic heterocycles. The molecular formula is C17H28N2O2. The van der Waals surface area contributed by atoms with E-state index in [0.29, 0.717) is 25.3 Å². The van der Waals surface area contributed by atoms with Gasteiger partial charge in [-0.25, -0.2) is 0 Å². The molecule has 2 atom stereocenters. The number of ether oxygens (including phenoxy) is 2. The van der Waals surface area contributed by atoms with E-state index in [-0.39, 0.29) is 0 Å². The van der Waals surface area contributed by atoms with Crippen molar-refractivity contribution in [3.05, 3.63) is 35.9 Å². The van der Waals surface area contributed by atoms with Gasteiger partial charge in [-0.05, 0) is 12.0 Å². The molecule has 1 fully saturated rings. The summed E-state index contributed by atoms with van der Waals surface area (Å²) < 4.78 is 10.6. The maximum atomic E-state index is 5.62. The average Bonchev–Trinajstić information content (AvgIpc) is 2.55. The van der Waals surface area contributed by atoms with E-state index in [1.54, 1.807) is 7.11 Å². The minimum atomic E-state index is 0.424. The highest BCUT2D eigenvalue weighted by Gasteiger charge is 2.27. The minimum Gasteiger partial charge on any atom is -0.382 e. The molecule has 4 nitrogen and oxygen atoms in total. The molecule has 1 N–H and O–H groups in total. The molecule has 0 amide bonds. The Hall–Kier alpha value is -0.940. The van der Waals surface area contributed by atoms with Crippen LogP contribution < -0.4 is 5.32 Å². The number of nitrogens with one attached hydrogen (secondary N) is 1. The van der Waals surface area contributed by atoms with Gasteiger partial charge in [0.2, 0.25) is 0 Å². The van der Waals surface area contributed by atoms with Crippen molar-refractivity contribution in [2.24, 2.45) is 0 Å². The zero-order valence-electron chi connectivity index (χ0n) is 13.3. The molecule has 1 aromatic rings. The molecule has 0 aliphatic carbocycles. The van der Waals surface area contributed by atoms with Crippen LogP contribution in [0.15, 0.2) is 30.3 Å². The molecule has 1 aromatic carbocycles. The van der Waals surface area contributed by atoms with Crippen LogP contribution in [0, 0.1) is 0 Å². The predicted octanol–water partition coefficient (Wildman–Crippen LogP) is 2.07. The van der Waals surface area contributed by atoms with Crippen LogP contribution in [0.5, 0.6) is 0 Å². The smallest absolute Gasteiger partial charge is 0.0700 e. The summed E-state index contributed by atoms with van der Waals surface area (Å²) in [5, 5.41) is 3.67. The van der Waals surface area contributed by atoms with E-state index in [4.69, 9.17) is 9.47 Å². The first-order chi connectivity index (χ1) is 10.3. The topological polar surface area (TPSA) is 33.7 Å². The maximum Gasteiger partial charge on any atom is 0.0700 e. The standard InChI is InChI=1S/C17H28N2O2/c1-3-16-13-18-17(15-7-5-4-6-8-15)14-19(16)9-10-21-12-11-20-2/h4-8,16-18H,3,9-14H2,1-2H3. The number of hydrogen-bond donors (Lipinski definition) is 1. The molecule has 2 rings (SSSR count). The summed E-state index contributed by atoms with van der Waals surface area (Å²) >= 11 is 0. The van der Waals surface area contributed by atoms with E-state index in [9.17, 15) is 0 Å².